The Labute approximate surface area is 183 Å². The zero-order chi connectivity index (χ0) is 20.7. The van der Waals surface area contributed by atoms with Crippen molar-refractivity contribution in [3.05, 3.63) is 68.2 Å². The maximum absolute atomic E-state index is 13.0. The maximum Gasteiger partial charge on any atom is 0.249 e. The second-order valence-electron chi connectivity index (χ2n) is 7.57. The van der Waals surface area contributed by atoms with Gasteiger partial charge in [0.1, 0.15) is 18.1 Å². The molecule has 2 amide bonds. The first-order valence-electron chi connectivity index (χ1n) is 10.0. The highest BCUT2D eigenvalue weighted by atomic mass is 32.1. The van der Waals surface area contributed by atoms with Crippen molar-refractivity contribution < 1.29 is 9.59 Å². The Bertz CT molecular complexity index is 1140. The molecule has 5 rings (SSSR count). The standard InChI is InChI=1S/C23H21N3O2S2/c1-14-7-9-15(10-8-14)25-19(27)13-26-20(28)12-24-22(18-6-3-11-29-18)21-16-4-2-5-17(16)30-23(21)26/h3,6-11H,2,4-5,12-13H2,1H3,(H,25,27). The van der Waals surface area contributed by atoms with E-state index in [1.807, 2.05) is 42.6 Å². The van der Waals surface area contributed by atoms with Crippen LogP contribution in [0.4, 0.5) is 10.7 Å². The molecule has 0 spiro atoms. The van der Waals surface area contributed by atoms with E-state index in [9.17, 15) is 9.59 Å². The number of hydrogen-bond donors (Lipinski definition) is 1. The van der Waals surface area contributed by atoms with E-state index in [4.69, 9.17) is 4.99 Å². The number of nitrogens with zero attached hydrogens (tertiary/aromatic N) is 2. The van der Waals surface area contributed by atoms with Crippen LogP contribution in [0.3, 0.4) is 0 Å². The zero-order valence-corrected chi connectivity index (χ0v) is 18.2. The predicted molar refractivity (Wildman–Crippen MR) is 123 cm³/mol. The van der Waals surface area contributed by atoms with Gasteiger partial charge in [-0.3, -0.25) is 19.5 Å². The molecular formula is C23H21N3O2S2. The van der Waals surface area contributed by atoms with Crippen molar-refractivity contribution in [1.82, 2.24) is 0 Å². The topological polar surface area (TPSA) is 61.8 Å². The molecule has 7 heteroatoms. The number of carbonyl (C=O) groups is 2. The lowest BCUT2D eigenvalue weighted by Crippen LogP contribution is -2.38. The van der Waals surface area contributed by atoms with Crippen molar-refractivity contribution in [2.45, 2.75) is 26.2 Å². The van der Waals surface area contributed by atoms with Gasteiger partial charge in [-0.05, 0) is 55.3 Å². The van der Waals surface area contributed by atoms with E-state index in [2.05, 4.69) is 11.4 Å². The number of nitrogens with one attached hydrogen (secondary N) is 1. The average molecular weight is 436 g/mol. The summed E-state index contributed by atoms with van der Waals surface area (Å²) < 4.78 is 0. The van der Waals surface area contributed by atoms with Gasteiger partial charge < -0.3 is 5.32 Å². The molecule has 1 aromatic carbocycles. The monoisotopic (exact) mass is 435 g/mol. The minimum Gasteiger partial charge on any atom is -0.325 e. The van der Waals surface area contributed by atoms with Crippen LogP contribution in [-0.4, -0.2) is 30.6 Å². The Kier molecular flexibility index (Phi) is 5.00. The fourth-order valence-corrected chi connectivity index (χ4v) is 6.15. The number of benzene rings is 1. The normalized spacial score (nSPS) is 15.4. The number of anilines is 2. The van der Waals surface area contributed by atoms with Gasteiger partial charge in [0.25, 0.3) is 0 Å². The third-order valence-corrected chi connectivity index (χ3v) is 7.64. The van der Waals surface area contributed by atoms with Gasteiger partial charge in [0.15, 0.2) is 0 Å². The van der Waals surface area contributed by atoms with Gasteiger partial charge >= 0.3 is 0 Å². The molecule has 3 heterocycles. The van der Waals surface area contributed by atoms with Crippen molar-refractivity contribution in [1.29, 1.82) is 0 Å². The minimum atomic E-state index is -0.203. The summed E-state index contributed by atoms with van der Waals surface area (Å²) >= 11 is 3.28. The van der Waals surface area contributed by atoms with Gasteiger partial charge in [0.2, 0.25) is 11.8 Å². The van der Waals surface area contributed by atoms with E-state index in [0.717, 1.165) is 51.7 Å². The molecule has 1 N–H and O–H groups in total. The molecule has 0 atom stereocenters. The van der Waals surface area contributed by atoms with Crippen LogP contribution in [0, 0.1) is 6.92 Å². The number of rotatable bonds is 4. The molecule has 0 saturated carbocycles. The molecule has 0 unspecified atom stereocenters. The highest BCUT2D eigenvalue weighted by molar-refractivity contribution is 7.17. The van der Waals surface area contributed by atoms with Crippen molar-refractivity contribution in [3.63, 3.8) is 0 Å². The largest absolute Gasteiger partial charge is 0.325 e. The quantitative estimate of drug-likeness (QED) is 0.659. The summed E-state index contributed by atoms with van der Waals surface area (Å²) in [5, 5.41) is 5.81. The van der Waals surface area contributed by atoms with E-state index in [1.165, 1.54) is 10.4 Å². The van der Waals surface area contributed by atoms with Gasteiger partial charge in [-0.1, -0.05) is 23.8 Å². The number of hydrogen-bond acceptors (Lipinski definition) is 5. The van der Waals surface area contributed by atoms with Gasteiger partial charge in [0, 0.05) is 16.1 Å². The Morgan fingerprint density at radius 1 is 1.20 bits per heavy atom. The van der Waals surface area contributed by atoms with Crippen LogP contribution in [0.25, 0.3) is 0 Å². The molecule has 0 radical (unpaired) electrons. The lowest BCUT2D eigenvalue weighted by Gasteiger charge is -2.20. The lowest BCUT2D eigenvalue weighted by molar-refractivity contribution is -0.120. The Morgan fingerprint density at radius 3 is 2.80 bits per heavy atom. The number of carbonyl (C=O) groups excluding carboxylic acids is 2. The third-order valence-electron chi connectivity index (χ3n) is 5.45. The number of amides is 2. The summed E-state index contributed by atoms with van der Waals surface area (Å²) in [5.74, 6) is -0.340. The van der Waals surface area contributed by atoms with Crippen LogP contribution in [-0.2, 0) is 22.4 Å². The number of thiophene rings is 2. The Hall–Kier alpha value is -2.77. The average Bonchev–Trinajstić information content (AvgIpc) is 3.45. The molecule has 5 nitrogen and oxygen atoms in total. The molecule has 0 bridgehead atoms. The fourth-order valence-electron chi connectivity index (χ4n) is 4.00. The van der Waals surface area contributed by atoms with Gasteiger partial charge in [-0.2, -0.15) is 0 Å². The van der Waals surface area contributed by atoms with Crippen molar-refractivity contribution in [3.8, 4) is 0 Å². The van der Waals surface area contributed by atoms with E-state index >= 15 is 0 Å². The van der Waals surface area contributed by atoms with Gasteiger partial charge in [0.05, 0.1) is 10.6 Å². The second-order valence-corrected chi connectivity index (χ2v) is 9.61. The van der Waals surface area contributed by atoms with Gasteiger partial charge in [-0.15, -0.1) is 22.7 Å². The predicted octanol–water partition coefficient (Wildman–Crippen LogP) is 4.43. The summed E-state index contributed by atoms with van der Waals surface area (Å²) in [6, 6.07) is 11.7. The molecule has 2 aromatic heterocycles. The van der Waals surface area contributed by atoms with Crippen LogP contribution < -0.4 is 10.2 Å². The smallest absolute Gasteiger partial charge is 0.249 e. The first kappa shape index (κ1) is 19.2. The maximum atomic E-state index is 13.0. The summed E-state index contributed by atoms with van der Waals surface area (Å²) in [4.78, 5) is 34.5. The van der Waals surface area contributed by atoms with E-state index < -0.39 is 0 Å². The summed E-state index contributed by atoms with van der Waals surface area (Å²) in [6.45, 7) is 2.05. The van der Waals surface area contributed by atoms with Crippen LogP contribution in [0.15, 0.2) is 46.8 Å². The van der Waals surface area contributed by atoms with E-state index in [1.54, 1.807) is 27.6 Å². The Balaban J connectivity index is 1.48. The first-order valence-corrected chi connectivity index (χ1v) is 11.7. The highest BCUT2D eigenvalue weighted by Gasteiger charge is 2.34. The molecule has 1 aliphatic carbocycles. The van der Waals surface area contributed by atoms with Crippen molar-refractivity contribution >= 4 is 50.9 Å². The molecule has 0 fully saturated rings. The molecule has 152 valence electrons. The summed E-state index contributed by atoms with van der Waals surface area (Å²) in [5.41, 5.74) is 5.13. The molecule has 30 heavy (non-hydrogen) atoms. The molecule has 0 saturated heterocycles. The number of fused-ring (bicyclic) bond motifs is 3. The van der Waals surface area contributed by atoms with Crippen molar-refractivity contribution in [2.75, 3.05) is 23.3 Å². The first-order chi connectivity index (χ1) is 14.6. The minimum absolute atomic E-state index is 0.00760. The molecule has 1 aliphatic heterocycles. The SMILES string of the molecule is Cc1ccc(NC(=O)CN2C(=O)CN=C(c3cccs3)c3c2sc2c3CCC2)cc1. The Morgan fingerprint density at radius 2 is 2.03 bits per heavy atom. The van der Waals surface area contributed by atoms with Crippen LogP contribution in [0.5, 0.6) is 0 Å². The van der Waals surface area contributed by atoms with Crippen LogP contribution >= 0.6 is 22.7 Å². The van der Waals surface area contributed by atoms with Gasteiger partial charge in [-0.25, -0.2) is 0 Å². The summed E-state index contributed by atoms with van der Waals surface area (Å²) in [6.07, 6.45) is 3.17. The molecule has 2 aliphatic rings. The van der Waals surface area contributed by atoms with Crippen LogP contribution in [0.2, 0.25) is 0 Å². The zero-order valence-electron chi connectivity index (χ0n) is 16.6. The summed E-state index contributed by atoms with van der Waals surface area (Å²) in [7, 11) is 0. The number of aliphatic imine (C=N–C) groups is 1. The van der Waals surface area contributed by atoms with Crippen LogP contribution in [0.1, 0.15) is 32.9 Å². The fraction of sp³-hybridized carbons (Fsp3) is 0.261. The lowest BCUT2D eigenvalue weighted by atomic mass is 10.0. The van der Waals surface area contributed by atoms with E-state index in [-0.39, 0.29) is 24.9 Å². The number of aryl methyl sites for hydroxylation is 2. The third kappa shape index (κ3) is 3.48. The molecular weight excluding hydrogens is 414 g/mol. The van der Waals surface area contributed by atoms with E-state index in [0.29, 0.717) is 0 Å². The highest BCUT2D eigenvalue weighted by Crippen LogP contribution is 2.43. The molecule has 3 aromatic rings. The second kappa shape index (κ2) is 7.81. The van der Waals surface area contributed by atoms with Crippen molar-refractivity contribution in [2.24, 2.45) is 4.99 Å².